The van der Waals surface area contributed by atoms with Crippen molar-refractivity contribution in [3.63, 3.8) is 0 Å². The first-order chi connectivity index (χ1) is 21.3. The predicted octanol–water partition coefficient (Wildman–Crippen LogP) is 12.7. The molecule has 0 radical (unpaired) electrons. The molecule has 0 unspecified atom stereocenters. The van der Waals surface area contributed by atoms with Gasteiger partial charge in [0.25, 0.3) is 0 Å². The van der Waals surface area contributed by atoms with Gasteiger partial charge in [-0.1, -0.05) is 97.1 Å². The molecule has 0 saturated carbocycles. The number of rotatable bonds is 4. The van der Waals surface area contributed by atoms with E-state index >= 15 is 0 Å². The third kappa shape index (κ3) is 3.97. The Morgan fingerprint density at radius 2 is 1.02 bits per heavy atom. The van der Waals surface area contributed by atoms with Crippen molar-refractivity contribution in [3.8, 4) is 11.1 Å². The normalized spacial score (nSPS) is 11.7. The first kappa shape index (κ1) is 24.6. The Balaban J connectivity index is 1.33. The molecule has 0 aliphatic heterocycles. The van der Waals surface area contributed by atoms with E-state index in [-0.39, 0.29) is 0 Å². The summed E-state index contributed by atoms with van der Waals surface area (Å²) in [5, 5.41) is 7.74. The van der Waals surface area contributed by atoms with Crippen LogP contribution in [-0.2, 0) is 0 Å². The fraction of sp³-hybridized carbons (Fsp3) is 0. The summed E-state index contributed by atoms with van der Waals surface area (Å²) in [6.07, 6.45) is 0. The van der Waals surface area contributed by atoms with Gasteiger partial charge in [-0.05, 0) is 76.5 Å². The summed E-state index contributed by atoms with van der Waals surface area (Å²) >= 11 is 3.73. The first-order valence-electron chi connectivity index (χ1n) is 14.5. The van der Waals surface area contributed by atoms with Crippen LogP contribution in [0.4, 0.5) is 17.1 Å². The molecule has 3 heteroatoms. The van der Waals surface area contributed by atoms with Crippen molar-refractivity contribution in [2.24, 2.45) is 0 Å². The molecule has 0 atom stereocenters. The lowest BCUT2D eigenvalue weighted by molar-refractivity contribution is 1.31. The molecule has 0 aliphatic carbocycles. The molecule has 0 spiro atoms. The van der Waals surface area contributed by atoms with Crippen LogP contribution < -0.4 is 4.90 Å². The van der Waals surface area contributed by atoms with Crippen molar-refractivity contribution in [1.29, 1.82) is 0 Å². The summed E-state index contributed by atoms with van der Waals surface area (Å²) in [6, 6.07) is 55.5. The predicted molar refractivity (Wildman–Crippen MR) is 190 cm³/mol. The highest BCUT2D eigenvalue weighted by Crippen LogP contribution is 2.47. The van der Waals surface area contributed by atoms with Crippen LogP contribution in [0.15, 0.2) is 152 Å². The van der Waals surface area contributed by atoms with E-state index in [1.165, 1.54) is 67.9 Å². The number of hydrogen-bond acceptors (Lipinski definition) is 3. The highest BCUT2D eigenvalue weighted by molar-refractivity contribution is 7.26. The van der Waals surface area contributed by atoms with Gasteiger partial charge in [0, 0.05) is 51.7 Å². The van der Waals surface area contributed by atoms with Crippen molar-refractivity contribution < 1.29 is 0 Å². The molecule has 0 fully saturated rings. The highest BCUT2D eigenvalue weighted by atomic mass is 32.1. The largest absolute Gasteiger partial charge is 0.310 e. The van der Waals surface area contributed by atoms with Crippen molar-refractivity contribution in [3.05, 3.63) is 152 Å². The van der Waals surface area contributed by atoms with Crippen LogP contribution in [0.2, 0.25) is 0 Å². The summed E-state index contributed by atoms with van der Waals surface area (Å²) in [4.78, 5) is 2.46. The Bertz CT molecular complexity index is 2480. The highest BCUT2D eigenvalue weighted by Gasteiger charge is 2.20. The maximum Gasteiger partial charge on any atom is 0.0554 e. The maximum absolute atomic E-state index is 2.46. The second-order valence-corrected chi connectivity index (χ2v) is 13.1. The quantitative estimate of drug-likeness (QED) is 0.199. The van der Waals surface area contributed by atoms with Crippen LogP contribution in [0.1, 0.15) is 0 Å². The number of thiophene rings is 2. The lowest BCUT2D eigenvalue weighted by Crippen LogP contribution is -2.10. The molecule has 0 bridgehead atoms. The van der Waals surface area contributed by atoms with Gasteiger partial charge in [-0.15, -0.1) is 22.7 Å². The van der Waals surface area contributed by atoms with E-state index in [2.05, 4.69) is 157 Å². The van der Waals surface area contributed by atoms with Gasteiger partial charge in [0.2, 0.25) is 0 Å². The Hall–Kier alpha value is -4.96. The Labute approximate surface area is 257 Å². The number of fused-ring (bicyclic) bond motifs is 7. The van der Waals surface area contributed by atoms with Crippen molar-refractivity contribution in [1.82, 2.24) is 0 Å². The van der Waals surface area contributed by atoms with Crippen molar-refractivity contribution >= 4 is 90.9 Å². The van der Waals surface area contributed by atoms with Crippen LogP contribution in [-0.4, -0.2) is 0 Å². The molecule has 0 saturated heterocycles. The molecular formula is C40H25NS2. The Morgan fingerprint density at radius 1 is 0.395 bits per heavy atom. The average Bonchev–Trinajstić information content (AvgIpc) is 3.63. The van der Waals surface area contributed by atoms with Gasteiger partial charge in [-0.3, -0.25) is 0 Å². The molecule has 43 heavy (non-hydrogen) atoms. The fourth-order valence-electron chi connectivity index (χ4n) is 6.51. The van der Waals surface area contributed by atoms with E-state index in [0.717, 1.165) is 11.4 Å². The molecule has 202 valence electrons. The summed E-state index contributed by atoms with van der Waals surface area (Å²) in [5.74, 6) is 0. The van der Waals surface area contributed by atoms with Crippen LogP contribution >= 0.6 is 22.7 Å². The number of hydrogen-bond donors (Lipinski definition) is 0. The monoisotopic (exact) mass is 583 g/mol. The third-order valence-corrected chi connectivity index (χ3v) is 10.7. The van der Waals surface area contributed by atoms with E-state index in [1.807, 2.05) is 22.7 Å². The molecule has 0 amide bonds. The zero-order valence-corrected chi connectivity index (χ0v) is 24.8. The molecule has 2 heterocycles. The minimum absolute atomic E-state index is 1.15. The smallest absolute Gasteiger partial charge is 0.0554 e. The average molecular weight is 584 g/mol. The molecule has 0 N–H and O–H groups in total. The van der Waals surface area contributed by atoms with E-state index in [4.69, 9.17) is 0 Å². The van der Waals surface area contributed by atoms with Crippen LogP contribution in [0.5, 0.6) is 0 Å². The van der Waals surface area contributed by atoms with Crippen molar-refractivity contribution in [2.75, 3.05) is 4.90 Å². The lowest BCUT2D eigenvalue weighted by Gasteiger charge is -2.27. The van der Waals surface area contributed by atoms with Gasteiger partial charge in [0.05, 0.1) is 5.69 Å². The topological polar surface area (TPSA) is 3.24 Å². The van der Waals surface area contributed by atoms with Gasteiger partial charge in [-0.2, -0.15) is 0 Å². The molecule has 9 aromatic rings. The zero-order chi connectivity index (χ0) is 28.3. The van der Waals surface area contributed by atoms with Gasteiger partial charge in [-0.25, -0.2) is 0 Å². The Kier molecular flexibility index (Phi) is 5.62. The zero-order valence-electron chi connectivity index (χ0n) is 23.2. The van der Waals surface area contributed by atoms with E-state index in [9.17, 15) is 0 Å². The molecule has 9 rings (SSSR count). The van der Waals surface area contributed by atoms with Gasteiger partial charge >= 0.3 is 0 Å². The Morgan fingerprint density at radius 3 is 1.93 bits per heavy atom. The summed E-state index contributed by atoms with van der Waals surface area (Å²) in [5.41, 5.74) is 5.96. The molecule has 1 nitrogen and oxygen atoms in total. The first-order valence-corrected chi connectivity index (χ1v) is 16.1. The number of anilines is 3. The van der Waals surface area contributed by atoms with Gasteiger partial charge in [0.1, 0.15) is 0 Å². The van der Waals surface area contributed by atoms with Crippen molar-refractivity contribution in [2.45, 2.75) is 0 Å². The molecular weight excluding hydrogens is 559 g/mol. The van der Waals surface area contributed by atoms with Crippen LogP contribution in [0.25, 0.3) is 62.2 Å². The summed E-state index contributed by atoms with van der Waals surface area (Å²) in [7, 11) is 0. The van der Waals surface area contributed by atoms with Gasteiger partial charge < -0.3 is 4.90 Å². The maximum atomic E-state index is 2.46. The molecule has 0 aliphatic rings. The van der Waals surface area contributed by atoms with Crippen LogP contribution in [0, 0.1) is 0 Å². The van der Waals surface area contributed by atoms with E-state index < -0.39 is 0 Å². The third-order valence-electron chi connectivity index (χ3n) is 8.44. The second kappa shape index (κ2) is 9.81. The van der Waals surface area contributed by atoms with E-state index in [0.29, 0.717) is 0 Å². The number of benzene rings is 7. The number of nitrogens with zero attached hydrogens (tertiary/aromatic N) is 1. The van der Waals surface area contributed by atoms with Crippen LogP contribution in [0.3, 0.4) is 0 Å². The minimum atomic E-state index is 1.15. The lowest BCUT2D eigenvalue weighted by atomic mass is 9.97. The molecule has 7 aromatic carbocycles. The summed E-state index contributed by atoms with van der Waals surface area (Å²) in [6.45, 7) is 0. The standard InChI is InChI=1S/C40H25NS2/c1-2-14-30-26(10-1)11-8-17-31(30)27-12-7-13-28(24-27)41(29-22-23-38-34(25-29)32-15-3-5-19-36(32)42-38)35-18-9-21-39-40(35)33-16-4-6-20-37(33)43-39/h1-25H. The van der Waals surface area contributed by atoms with Gasteiger partial charge in [0.15, 0.2) is 0 Å². The van der Waals surface area contributed by atoms with E-state index in [1.54, 1.807) is 0 Å². The summed E-state index contributed by atoms with van der Waals surface area (Å²) < 4.78 is 5.25. The second-order valence-electron chi connectivity index (χ2n) is 10.9. The minimum Gasteiger partial charge on any atom is -0.310 e. The molecule has 2 aromatic heterocycles. The SMILES string of the molecule is c1cc(-c2cccc3ccccc23)cc(N(c2ccc3sc4ccccc4c3c2)c2cccc3sc4ccccc4c23)c1. The fourth-order valence-corrected chi connectivity index (χ4v) is 8.73.